The van der Waals surface area contributed by atoms with Crippen molar-refractivity contribution in [1.29, 1.82) is 0 Å². The van der Waals surface area contributed by atoms with E-state index in [0.717, 1.165) is 38.9 Å². The lowest BCUT2D eigenvalue weighted by molar-refractivity contribution is -0.205. The van der Waals surface area contributed by atoms with E-state index in [9.17, 15) is 14.1 Å². The Labute approximate surface area is 291 Å². The lowest BCUT2D eigenvalue weighted by Gasteiger charge is -2.32. The normalized spacial score (nSPS) is 16.1. The fourth-order valence-corrected chi connectivity index (χ4v) is 7.09. The van der Waals surface area contributed by atoms with Crippen LogP contribution in [0.25, 0.3) is 16.9 Å². The SMILES string of the molecule is Cc1nc2cc(C(=O)NCCC3CCN(Cc4ccccc4)CC3)nn2c(-c2cc(F)c3c(c2C)CCCO3)c1[C@H](OC(C)(C)C)C(=O)OF. The number of hydrogen-bond donors (Lipinski definition) is 1. The second-order valence-electron chi connectivity index (χ2n) is 14.3. The number of carbonyl (C=O) groups excluding carboxylic acids is 2. The van der Waals surface area contributed by atoms with Gasteiger partial charge in [0.25, 0.3) is 5.91 Å². The lowest BCUT2D eigenvalue weighted by atomic mass is 9.91. The Morgan fingerprint density at radius 3 is 2.56 bits per heavy atom. The summed E-state index contributed by atoms with van der Waals surface area (Å²) in [6.45, 7) is 12.5. The Kier molecular flexibility index (Phi) is 10.5. The Morgan fingerprint density at radius 1 is 1.12 bits per heavy atom. The molecule has 2 aliphatic rings. The second-order valence-corrected chi connectivity index (χ2v) is 14.3. The number of rotatable bonds is 10. The number of amides is 1. The van der Waals surface area contributed by atoms with E-state index >= 15 is 4.39 Å². The number of hydrogen-bond acceptors (Lipinski definition) is 8. The summed E-state index contributed by atoms with van der Waals surface area (Å²) in [7, 11) is 0. The number of nitrogens with zero attached hydrogens (tertiary/aromatic N) is 4. The maximum absolute atomic E-state index is 15.7. The van der Waals surface area contributed by atoms with Gasteiger partial charge in [-0.05, 0) is 103 Å². The molecular formula is C38H45F2N5O5. The molecule has 1 saturated heterocycles. The molecule has 1 N–H and O–H groups in total. The number of piperidine rings is 1. The monoisotopic (exact) mass is 689 g/mol. The first-order valence-corrected chi connectivity index (χ1v) is 17.3. The van der Waals surface area contributed by atoms with Gasteiger partial charge in [-0.2, -0.15) is 5.10 Å². The first-order chi connectivity index (χ1) is 23.9. The van der Waals surface area contributed by atoms with Crippen LogP contribution >= 0.6 is 0 Å². The third-order valence-corrected chi connectivity index (χ3v) is 9.57. The van der Waals surface area contributed by atoms with Gasteiger partial charge >= 0.3 is 5.97 Å². The Balaban J connectivity index is 1.28. The molecule has 0 aliphatic carbocycles. The molecule has 4 heterocycles. The Hall–Kier alpha value is -4.42. The molecule has 6 rings (SSSR count). The van der Waals surface area contributed by atoms with Crippen molar-refractivity contribution in [3.8, 4) is 17.0 Å². The zero-order valence-corrected chi connectivity index (χ0v) is 29.4. The number of benzene rings is 2. The largest absolute Gasteiger partial charge is 0.490 e. The van der Waals surface area contributed by atoms with Gasteiger partial charge in [0, 0.05) is 46.1 Å². The molecule has 0 saturated carbocycles. The van der Waals surface area contributed by atoms with Gasteiger partial charge in [-0.3, -0.25) is 14.6 Å². The van der Waals surface area contributed by atoms with Gasteiger partial charge < -0.3 is 14.8 Å². The molecule has 0 radical (unpaired) electrons. The third kappa shape index (κ3) is 7.66. The lowest BCUT2D eigenvalue weighted by Crippen LogP contribution is -2.35. The van der Waals surface area contributed by atoms with Crippen LogP contribution in [-0.2, 0) is 27.4 Å². The summed E-state index contributed by atoms with van der Waals surface area (Å²) in [6.07, 6.45) is 2.69. The highest BCUT2D eigenvalue weighted by molar-refractivity contribution is 5.93. The predicted octanol–water partition coefficient (Wildman–Crippen LogP) is 6.79. The highest BCUT2D eigenvalue weighted by atomic mass is 19.3. The summed E-state index contributed by atoms with van der Waals surface area (Å²) in [5, 5.41) is 7.64. The van der Waals surface area contributed by atoms with Crippen molar-refractivity contribution in [1.82, 2.24) is 24.8 Å². The van der Waals surface area contributed by atoms with Crippen LogP contribution < -0.4 is 10.1 Å². The van der Waals surface area contributed by atoms with Crippen molar-refractivity contribution in [3.63, 3.8) is 0 Å². The molecule has 2 aliphatic heterocycles. The number of carbonyl (C=O) groups is 2. The van der Waals surface area contributed by atoms with E-state index in [1.165, 1.54) is 16.1 Å². The van der Waals surface area contributed by atoms with Crippen molar-refractivity contribution in [2.45, 2.75) is 85.0 Å². The highest BCUT2D eigenvalue weighted by Crippen LogP contribution is 2.42. The van der Waals surface area contributed by atoms with Crippen LogP contribution in [0, 0.1) is 25.6 Å². The van der Waals surface area contributed by atoms with Crippen LogP contribution in [0.15, 0.2) is 42.5 Å². The van der Waals surface area contributed by atoms with Gasteiger partial charge in [0.1, 0.15) is 0 Å². The zero-order valence-electron chi connectivity index (χ0n) is 29.4. The predicted molar refractivity (Wildman–Crippen MR) is 184 cm³/mol. The quantitative estimate of drug-likeness (QED) is 0.194. The molecule has 1 fully saturated rings. The minimum Gasteiger partial charge on any atom is -0.490 e. The summed E-state index contributed by atoms with van der Waals surface area (Å²) in [6, 6.07) is 13.3. The van der Waals surface area contributed by atoms with Crippen LogP contribution in [0.2, 0.25) is 0 Å². The van der Waals surface area contributed by atoms with E-state index in [2.05, 4.69) is 49.5 Å². The number of likely N-dealkylation sites (tertiary alicyclic amines) is 1. The van der Waals surface area contributed by atoms with Crippen LogP contribution in [0.3, 0.4) is 0 Å². The molecule has 2 aromatic heterocycles. The molecule has 4 aromatic rings. The van der Waals surface area contributed by atoms with Crippen molar-refractivity contribution in [3.05, 3.63) is 81.9 Å². The number of fused-ring (bicyclic) bond motifs is 2. The summed E-state index contributed by atoms with van der Waals surface area (Å²) >= 11 is 0. The summed E-state index contributed by atoms with van der Waals surface area (Å²) in [5.41, 5.74) is 3.31. The zero-order chi connectivity index (χ0) is 35.6. The van der Waals surface area contributed by atoms with Gasteiger partial charge in [-0.25, -0.2) is 18.7 Å². The standard InChI is InChI=1S/C38H45F2N5O5/c1-23-27-12-9-19-48-34(27)29(39)20-28(23)33-32(35(37(47)50-40)49-38(3,4)5)24(2)42-31-21-30(43-45(31)33)36(46)41-16-13-25-14-17-44(18-15-25)22-26-10-7-6-8-11-26/h6-8,10-11,20-21,25,35H,9,12-19,22H2,1-5H3,(H,41,46)/t35-/m0/s1. The van der Waals surface area contributed by atoms with E-state index in [-0.39, 0.29) is 28.6 Å². The topological polar surface area (TPSA) is 107 Å². The van der Waals surface area contributed by atoms with Crippen molar-refractivity contribution >= 4 is 17.5 Å². The van der Waals surface area contributed by atoms with Crippen LogP contribution in [-0.4, -0.2) is 63.2 Å². The number of aryl methyl sites for hydroxylation is 1. The highest BCUT2D eigenvalue weighted by Gasteiger charge is 2.36. The number of nitrogens with one attached hydrogen (secondary N) is 1. The molecule has 266 valence electrons. The second kappa shape index (κ2) is 14.8. The fourth-order valence-electron chi connectivity index (χ4n) is 7.09. The maximum atomic E-state index is 15.7. The van der Waals surface area contributed by atoms with Gasteiger partial charge in [0.05, 0.1) is 17.9 Å². The molecule has 1 amide bonds. The minimum atomic E-state index is -1.57. The molecule has 0 bridgehead atoms. The molecule has 12 heteroatoms. The van der Waals surface area contributed by atoms with Gasteiger partial charge in [0.15, 0.2) is 29.0 Å². The van der Waals surface area contributed by atoms with Gasteiger partial charge in [-0.15, -0.1) is 0 Å². The van der Waals surface area contributed by atoms with Crippen molar-refractivity contribution in [2.24, 2.45) is 5.92 Å². The maximum Gasteiger partial charge on any atom is 0.381 e. The van der Waals surface area contributed by atoms with Crippen molar-refractivity contribution < 1.29 is 32.9 Å². The van der Waals surface area contributed by atoms with Gasteiger partial charge in [0.2, 0.25) is 0 Å². The van der Waals surface area contributed by atoms with E-state index in [1.807, 2.05) is 13.0 Å². The number of ether oxygens (including phenoxy) is 2. The molecule has 2 aromatic carbocycles. The fraction of sp³-hybridized carbons (Fsp3) is 0.474. The van der Waals surface area contributed by atoms with E-state index in [0.29, 0.717) is 59.9 Å². The molecule has 0 unspecified atom stereocenters. The van der Waals surface area contributed by atoms with Crippen molar-refractivity contribution in [2.75, 3.05) is 26.2 Å². The summed E-state index contributed by atoms with van der Waals surface area (Å²) in [4.78, 5) is 37.3. The summed E-state index contributed by atoms with van der Waals surface area (Å²) in [5.74, 6) is -1.56. The first-order valence-electron chi connectivity index (χ1n) is 17.3. The van der Waals surface area contributed by atoms with Crippen LogP contribution in [0.4, 0.5) is 8.92 Å². The average molecular weight is 690 g/mol. The molecule has 50 heavy (non-hydrogen) atoms. The molecule has 1 atom stereocenters. The average Bonchev–Trinajstić information content (AvgIpc) is 3.53. The van der Waals surface area contributed by atoms with E-state index < -0.39 is 23.5 Å². The smallest absolute Gasteiger partial charge is 0.381 e. The Morgan fingerprint density at radius 2 is 1.86 bits per heavy atom. The van der Waals surface area contributed by atoms with Gasteiger partial charge in [-0.1, -0.05) is 30.3 Å². The minimum absolute atomic E-state index is 0.105. The third-order valence-electron chi connectivity index (χ3n) is 9.57. The molecule has 0 spiro atoms. The first kappa shape index (κ1) is 35.4. The Bertz CT molecular complexity index is 1870. The van der Waals surface area contributed by atoms with Crippen LogP contribution in [0.5, 0.6) is 5.75 Å². The van der Waals surface area contributed by atoms with Crippen LogP contribution in [0.1, 0.15) is 91.0 Å². The van der Waals surface area contributed by atoms with E-state index in [4.69, 9.17) is 9.47 Å². The number of halogens is 2. The molecular weight excluding hydrogens is 644 g/mol. The summed E-state index contributed by atoms with van der Waals surface area (Å²) < 4.78 is 42.4. The van der Waals surface area contributed by atoms with E-state index in [1.54, 1.807) is 33.8 Å². The molecule has 10 nitrogen and oxygen atoms in total. The number of aromatic nitrogens is 3.